The molecule has 0 fully saturated rings. The van der Waals surface area contributed by atoms with Crippen LogP contribution < -0.4 is 10.5 Å². The van der Waals surface area contributed by atoms with Crippen molar-refractivity contribution in [3.05, 3.63) is 52.8 Å². The summed E-state index contributed by atoms with van der Waals surface area (Å²) in [5.74, 6) is 0.416. The summed E-state index contributed by atoms with van der Waals surface area (Å²) in [4.78, 5) is 0. The molecule has 1 aliphatic heterocycles. The van der Waals surface area contributed by atoms with Crippen LogP contribution in [0.15, 0.2) is 36.4 Å². The van der Waals surface area contributed by atoms with Crippen LogP contribution in [0.3, 0.4) is 0 Å². The average molecular weight is 278 g/mol. The highest BCUT2D eigenvalue weighted by atomic mass is 35.5. The first-order valence-corrected chi connectivity index (χ1v) is 6.51. The molecule has 0 spiro atoms. The monoisotopic (exact) mass is 277 g/mol. The van der Waals surface area contributed by atoms with Crippen LogP contribution >= 0.6 is 11.6 Å². The van der Waals surface area contributed by atoms with Crippen molar-refractivity contribution in [2.45, 2.75) is 12.5 Å². The summed E-state index contributed by atoms with van der Waals surface area (Å²) in [5, 5.41) is 0.114. The second kappa shape index (κ2) is 4.83. The fourth-order valence-electron chi connectivity index (χ4n) is 2.36. The molecular formula is C15H13ClFNO. The number of halogens is 2. The minimum absolute atomic E-state index is 0.0204. The van der Waals surface area contributed by atoms with Gasteiger partial charge in [-0.2, -0.15) is 0 Å². The Labute approximate surface area is 115 Å². The van der Waals surface area contributed by atoms with Crippen LogP contribution in [0.25, 0.3) is 11.1 Å². The van der Waals surface area contributed by atoms with E-state index < -0.39 is 5.82 Å². The summed E-state index contributed by atoms with van der Waals surface area (Å²) < 4.78 is 19.1. The van der Waals surface area contributed by atoms with E-state index in [1.807, 2.05) is 18.2 Å². The van der Waals surface area contributed by atoms with Gasteiger partial charge >= 0.3 is 0 Å². The Balaban J connectivity index is 2.07. The van der Waals surface area contributed by atoms with Crippen molar-refractivity contribution in [1.82, 2.24) is 0 Å². The molecule has 1 heterocycles. The molecule has 0 amide bonds. The topological polar surface area (TPSA) is 35.2 Å². The van der Waals surface area contributed by atoms with Crippen molar-refractivity contribution in [1.29, 1.82) is 0 Å². The van der Waals surface area contributed by atoms with Crippen LogP contribution in [0.4, 0.5) is 4.39 Å². The number of benzene rings is 2. The third-order valence-corrected chi connectivity index (χ3v) is 3.61. The van der Waals surface area contributed by atoms with E-state index in [1.54, 1.807) is 12.1 Å². The Morgan fingerprint density at radius 3 is 2.89 bits per heavy atom. The third-order valence-electron chi connectivity index (χ3n) is 3.32. The lowest BCUT2D eigenvalue weighted by Crippen LogP contribution is -2.24. The molecule has 0 unspecified atom stereocenters. The summed E-state index contributed by atoms with van der Waals surface area (Å²) in [6.45, 7) is 0.484. The van der Waals surface area contributed by atoms with Crippen molar-refractivity contribution in [2.24, 2.45) is 5.73 Å². The van der Waals surface area contributed by atoms with Crippen LogP contribution in [-0.4, -0.2) is 12.6 Å². The van der Waals surface area contributed by atoms with Crippen molar-refractivity contribution in [3.8, 4) is 16.9 Å². The summed E-state index contributed by atoms with van der Waals surface area (Å²) in [6.07, 6.45) is 0.835. The number of rotatable bonds is 2. The zero-order chi connectivity index (χ0) is 13.4. The van der Waals surface area contributed by atoms with Crippen LogP contribution in [0.2, 0.25) is 5.02 Å². The molecular weight excluding hydrogens is 265 g/mol. The Hall–Kier alpha value is -1.58. The Morgan fingerprint density at radius 1 is 1.32 bits per heavy atom. The van der Waals surface area contributed by atoms with Crippen LogP contribution in [0, 0.1) is 5.82 Å². The van der Waals surface area contributed by atoms with Gasteiger partial charge in [-0.15, -0.1) is 0 Å². The largest absolute Gasteiger partial charge is 0.488 e. The van der Waals surface area contributed by atoms with Gasteiger partial charge in [0.1, 0.15) is 17.7 Å². The van der Waals surface area contributed by atoms with E-state index in [-0.39, 0.29) is 11.1 Å². The Kier molecular flexibility index (Phi) is 3.17. The minimum Gasteiger partial charge on any atom is -0.488 e. The van der Waals surface area contributed by atoms with E-state index in [0.29, 0.717) is 6.54 Å². The summed E-state index contributed by atoms with van der Waals surface area (Å²) in [6, 6.07) is 10.6. The van der Waals surface area contributed by atoms with Gasteiger partial charge in [-0.25, -0.2) is 4.39 Å². The predicted molar refractivity (Wildman–Crippen MR) is 74.0 cm³/mol. The molecule has 1 atom stereocenters. The normalized spacial score (nSPS) is 17.1. The minimum atomic E-state index is -0.418. The maximum absolute atomic E-state index is 13.2. The van der Waals surface area contributed by atoms with E-state index in [1.165, 1.54) is 6.07 Å². The molecule has 0 aromatic heterocycles. The third kappa shape index (κ3) is 2.20. The molecule has 2 N–H and O–H groups in total. The van der Waals surface area contributed by atoms with Crippen molar-refractivity contribution in [3.63, 3.8) is 0 Å². The van der Waals surface area contributed by atoms with Crippen molar-refractivity contribution < 1.29 is 9.13 Å². The number of hydrogen-bond acceptors (Lipinski definition) is 2. The average Bonchev–Trinajstić information content (AvgIpc) is 2.85. The second-order valence-electron chi connectivity index (χ2n) is 4.60. The smallest absolute Gasteiger partial charge is 0.141 e. The quantitative estimate of drug-likeness (QED) is 0.913. The van der Waals surface area contributed by atoms with Crippen LogP contribution in [0.5, 0.6) is 5.75 Å². The first kappa shape index (κ1) is 12.5. The SMILES string of the molecule is NC[C@H]1Cc2cccc(-c3ccc(F)c(Cl)c3)c2O1. The molecule has 2 aromatic carbocycles. The maximum Gasteiger partial charge on any atom is 0.141 e. The first-order valence-electron chi connectivity index (χ1n) is 6.13. The summed E-state index contributed by atoms with van der Waals surface area (Å²) in [7, 11) is 0. The van der Waals surface area contributed by atoms with Gasteiger partial charge in [0, 0.05) is 18.5 Å². The molecule has 2 nitrogen and oxygen atoms in total. The van der Waals surface area contributed by atoms with Gasteiger partial charge in [0.05, 0.1) is 5.02 Å². The highest BCUT2D eigenvalue weighted by Gasteiger charge is 2.24. The number of para-hydroxylation sites is 1. The van der Waals surface area contributed by atoms with E-state index in [9.17, 15) is 4.39 Å². The Bertz CT molecular complexity index is 630. The molecule has 4 heteroatoms. The highest BCUT2D eigenvalue weighted by Crippen LogP contribution is 2.39. The molecule has 19 heavy (non-hydrogen) atoms. The standard InChI is InChI=1S/C15H13ClFNO/c16-13-7-9(4-5-14(13)17)12-3-1-2-10-6-11(8-18)19-15(10)12/h1-5,7,11H,6,8,18H2/t11-/m1/s1. The fourth-order valence-corrected chi connectivity index (χ4v) is 2.54. The molecule has 98 valence electrons. The van der Waals surface area contributed by atoms with Crippen molar-refractivity contribution >= 4 is 11.6 Å². The highest BCUT2D eigenvalue weighted by molar-refractivity contribution is 6.31. The molecule has 2 aromatic rings. The van der Waals surface area contributed by atoms with E-state index >= 15 is 0 Å². The number of fused-ring (bicyclic) bond motifs is 1. The van der Waals surface area contributed by atoms with Gasteiger partial charge in [0.15, 0.2) is 0 Å². The zero-order valence-corrected chi connectivity index (χ0v) is 11.0. The van der Waals surface area contributed by atoms with Crippen LogP contribution in [-0.2, 0) is 6.42 Å². The number of hydrogen-bond donors (Lipinski definition) is 1. The molecule has 0 bridgehead atoms. The first-order chi connectivity index (χ1) is 9.19. The molecule has 0 saturated heterocycles. The maximum atomic E-state index is 13.2. The second-order valence-corrected chi connectivity index (χ2v) is 5.01. The lowest BCUT2D eigenvalue weighted by molar-refractivity contribution is 0.242. The zero-order valence-electron chi connectivity index (χ0n) is 10.2. The van der Waals surface area contributed by atoms with Gasteiger partial charge < -0.3 is 10.5 Å². The summed E-state index contributed by atoms with van der Waals surface area (Å²) in [5.41, 5.74) is 8.56. The fraction of sp³-hybridized carbons (Fsp3) is 0.200. The lowest BCUT2D eigenvalue weighted by atomic mass is 10.0. The summed E-state index contributed by atoms with van der Waals surface area (Å²) >= 11 is 5.83. The molecule has 0 aliphatic carbocycles. The number of nitrogens with two attached hydrogens (primary N) is 1. The van der Waals surface area contributed by atoms with E-state index in [4.69, 9.17) is 22.1 Å². The molecule has 0 radical (unpaired) electrons. The molecule has 3 rings (SSSR count). The lowest BCUT2D eigenvalue weighted by Gasteiger charge is -2.11. The van der Waals surface area contributed by atoms with E-state index in [0.717, 1.165) is 28.9 Å². The molecule has 0 saturated carbocycles. The Morgan fingerprint density at radius 2 is 2.16 bits per heavy atom. The van der Waals surface area contributed by atoms with Gasteiger partial charge in [-0.05, 0) is 23.3 Å². The number of ether oxygens (including phenoxy) is 1. The predicted octanol–water partition coefficient (Wildman–Crippen LogP) is 3.41. The van der Waals surface area contributed by atoms with Gasteiger partial charge in [0.25, 0.3) is 0 Å². The molecule has 1 aliphatic rings. The van der Waals surface area contributed by atoms with Gasteiger partial charge in [0.2, 0.25) is 0 Å². The van der Waals surface area contributed by atoms with E-state index in [2.05, 4.69) is 0 Å². The van der Waals surface area contributed by atoms with Gasteiger partial charge in [-0.1, -0.05) is 35.9 Å². The van der Waals surface area contributed by atoms with Crippen LogP contribution in [0.1, 0.15) is 5.56 Å². The van der Waals surface area contributed by atoms with Crippen molar-refractivity contribution in [2.75, 3.05) is 6.54 Å². The van der Waals surface area contributed by atoms with Gasteiger partial charge in [-0.3, -0.25) is 0 Å².